The Hall–Kier alpha value is -1.30. The molecule has 1 rings (SSSR count). The zero-order valence-electron chi connectivity index (χ0n) is 10.1. The quantitative estimate of drug-likeness (QED) is 0.845. The Labute approximate surface area is 103 Å². The van der Waals surface area contributed by atoms with Gasteiger partial charge in [0.1, 0.15) is 12.4 Å². The molecule has 0 radical (unpaired) electrons. The van der Waals surface area contributed by atoms with Crippen LogP contribution in [0.15, 0.2) is 18.2 Å². The van der Waals surface area contributed by atoms with Gasteiger partial charge in [-0.25, -0.2) is 4.39 Å². The Morgan fingerprint density at radius 1 is 1.33 bits per heavy atom. The van der Waals surface area contributed by atoms with Crippen molar-refractivity contribution in [2.24, 2.45) is 0 Å². The summed E-state index contributed by atoms with van der Waals surface area (Å²) in [5, 5.41) is 9.50. The fourth-order valence-electron chi connectivity index (χ4n) is 1.73. The fraction of sp³-hybridized carbons (Fsp3) is 0.500. The minimum atomic E-state index is -4.35. The molecule has 1 N–H and O–H groups in total. The van der Waals surface area contributed by atoms with Crippen LogP contribution in [0.5, 0.6) is 0 Å². The maximum Gasteiger partial charge on any atom is 0.405 e. The van der Waals surface area contributed by atoms with Gasteiger partial charge in [-0.3, -0.25) is 0 Å². The lowest BCUT2D eigenvalue weighted by molar-refractivity contribution is -0.119. The van der Waals surface area contributed by atoms with Gasteiger partial charge in [0.05, 0.1) is 6.10 Å². The van der Waals surface area contributed by atoms with Gasteiger partial charge in [-0.2, -0.15) is 13.2 Å². The summed E-state index contributed by atoms with van der Waals surface area (Å²) >= 11 is 0. The monoisotopic (exact) mass is 265 g/mol. The topological polar surface area (TPSA) is 23.5 Å². The van der Waals surface area contributed by atoms with Crippen LogP contribution in [-0.4, -0.2) is 24.4 Å². The molecule has 2 nitrogen and oxygen atoms in total. The smallest absolute Gasteiger partial charge is 0.389 e. The van der Waals surface area contributed by atoms with Crippen molar-refractivity contribution in [3.8, 4) is 0 Å². The molecule has 0 aliphatic carbocycles. The predicted molar refractivity (Wildman–Crippen MR) is 61.0 cm³/mol. The highest BCUT2D eigenvalue weighted by Gasteiger charge is 2.31. The number of hydrogen-bond donors (Lipinski definition) is 1. The number of nitrogens with zero attached hydrogens (tertiary/aromatic N) is 1. The summed E-state index contributed by atoms with van der Waals surface area (Å²) in [4.78, 5) is 1.06. The van der Waals surface area contributed by atoms with Gasteiger partial charge in [-0.15, -0.1) is 0 Å². The lowest BCUT2D eigenvalue weighted by Gasteiger charge is -2.27. The third kappa shape index (κ3) is 3.87. The van der Waals surface area contributed by atoms with Crippen molar-refractivity contribution in [2.45, 2.75) is 26.1 Å². The SMILES string of the molecule is CCN(CC(F)(F)F)c1ccc(F)cc1[C@@H](C)O. The van der Waals surface area contributed by atoms with E-state index in [0.29, 0.717) is 0 Å². The van der Waals surface area contributed by atoms with Crippen molar-refractivity contribution in [3.63, 3.8) is 0 Å². The molecular formula is C12H15F4NO. The normalized spacial score (nSPS) is 13.5. The molecule has 0 fully saturated rings. The molecule has 0 unspecified atom stereocenters. The molecule has 0 heterocycles. The third-order valence-electron chi connectivity index (χ3n) is 2.53. The Balaban J connectivity index is 3.12. The molecule has 0 spiro atoms. The van der Waals surface area contributed by atoms with Crippen molar-refractivity contribution < 1.29 is 22.7 Å². The van der Waals surface area contributed by atoms with Crippen LogP contribution in [0.4, 0.5) is 23.2 Å². The molecule has 0 saturated carbocycles. The number of alkyl halides is 3. The summed E-state index contributed by atoms with van der Waals surface area (Å²) in [6.07, 6.45) is -5.38. The van der Waals surface area contributed by atoms with Crippen LogP contribution in [0.3, 0.4) is 0 Å². The number of aliphatic hydroxyl groups is 1. The molecule has 0 aliphatic heterocycles. The van der Waals surface area contributed by atoms with Gasteiger partial charge >= 0.3 is 6.18 Å². The van der Waals surface area contributed by atoms with Crippen molar-refractivity contribution in [2.75, 3.05) is 18.0 Å². The Morgan fingerprint density at radius 2 is 1.94 bits per heavy atom. The van der Waals surface area contributed by atoms with E-state index in [1.807, 2.05) is 0 Å². The summed E-state index contributed by atoms with van der Waals surface area (Å²) < 4.78 is 50.3. The van der Waals surface area contributed by atoms with Crippen LogP contribution in [0, 0.1) is 5.82 Å². The highest BCUT2D eigenvalue weighted by atomic mass is 19.4. The average molecular weight is 265 g/mol. The highest BCUT2D eigenvalue weighted by molar-refractivity contribution is 5.54. The summed E-state index contributed by atoms with van der Waals surface area (Å²) in [7, 11) is 0. The molecule has 102 valence electrons. The average Bonchev–Trinajstić information content (AvgIpc) is 2.24. The van der Waals surface area contributed by atoms with E-state index in [2.05, 4.69) is 0 Å². The second kappa shape index (κ2) is 5.56. The highest BCUT2D eigenvalue weighted by Crippen LogP contribution is 2.29. The van der Waals surface area contributed by atoms with E-state index in [4.69, 9.17) is 0 Å². The van der Waals surface area contributed by atoms with Crippen LogP contribution in [0.1, 0.15) is 25.5 Å². The Bertz CT molecular complexity index is 404. The third-order valence-corrected chi connectivity index (χ3v) is 2.53. The fourth-order valence-corrected chi connectivity index (χ4v) is 1.73. The number of benzene rings is 1. The van der Waals surface area contributed by atoms with Gasteiger partial charge < -0.3 is 10.0 Å². The Kier molecular flexibility index (Phi) is 4.56. The zero-order valence-corrected chi connectivity index (χ0v) is 10.1. The van der Waals surface area contributed by atoms with Gasteiger partial charge in [0.25, 0.3) is 0 Å². The van der Waals surface area contributed by atoms with Crippen molar-refractivity contribution in [1.82, 2.24) is 0 Å². The summed E-state index contributed by atoms with van der Waals surface area (Å²) in [5.74, 6) is -0.585. The van der Waals surface area contributed by atoms with Gasteiger partial charge in [0, 0.05) is 17.8 Å². The standard InChI is InChI=1S/C12H15F4NO/c1-3-17(7-12(14,15)16)11-5-4-9(13)6-10(11)8(2)18/h4-6,8,18H,3,7H2,1-2H3/t8-/m1/s1. The largest absolute Gasteiger partial charge is 0.405 e. The molecular weight excluding hydrogens is 250 g/mol. The minimum Gasteiger partial charge on any atom is -0.389 e. The molecule has 18 heavy (non-hydrogen) atoms. The van der Waals surface area contributed by atoms with E-state index < -0.39 is 24.6 Å². The number of anilines is 1. The first-order chi connectivity index (χ1) is 8.24. The molecule has 0 aliphatic rings. The maximum atomic E-state index is 13.1. The number of rotatable bonds is 4. The number of halogens is 4. The molecule has 6 heteroatoms. The molecule has 0 amide bonds. The number of aliphatic hydroxyl groups excluding tert-OH is 1. The number of hydrogen-bond acceptors (Lipinski definition) is 2. The van der Waals surface area contributed by atoms with Gasteiger partial charge in [0.2, 0.25) is 0 Å². The lowest BCUT2D eigenvalue weighted by Crippen LogP contribution is -2.34. The second-order valence-electron chi connectivity index (χ2n) is 4.01. The molecule has 1 atom stereocenters. The van der Waals surface area contributed by atoms with Crippen LogP contribution in [-0.2, 0) is 0 Å². The summed E-state index contributed by atoms with van der Waals surface area (Å²) in [5.41, 5.74) is 0.354. The van der Waals surface area contributed by atoms with Crippen LogP contribution >= 0.6 is 0 Å². The van der Waals surface area contributed by atoms with Gasteiger partial charge in [0.15, 0.2) is 0 Å². The van der Waals surface area contributed by atoms with Gasteiger partial charge in [-0.05, 0) is 32.0 Å². The summed E-state index contributed by atoms with van der Waals surface area (Å²) in [6, 6.07) is 3.39. The first-order valence-corrected chi connectivity index (χ1v) is 5.53. The van der Waals surface area contributed by atoms with E-state index in [-0.39, 0.29) is 17.8 Å². The zero-order chi connectivity index (χ0) is 13.9. The predicted octanol–water partition coefficient (Wildman–Crippen LogP) is 3.27. The van der Waals surface area contributed by atoms with E-state index >= 15 is 0 Å². The van der Waals surface area contributed by atoms with Crippen molar-refractivity contribution in [3.05, 3.63) is 29.6 Å². The first kappa shape index (κ1) is 14.8. The molecule has 0 saturated heterocycles. The van der Waals surface area contributed by atoms with Crippen LogP contribution in [0.25, 0.3) is 0 Å². The molecule has 0 aromatic heterocycles. The van der Waals surface area contributed by atoms with Gasteiger partial charge in [-0.1, -0.05) is 0 Å². The summed E-state index contributed by atoms with van der Waals surface area (Å²) in [6.45, 7) is 1.94. The second-order valence-corrected chi connectivity index (χ2v) is 4.01. The van der Waals surface area contributed by atoms with E-state index in [1.165, 1.54) is 13.0 Å². The first-order valence-electron chi connectivity index (χ1n) is 5.53. The van der Waals surface area contributed by atoms with Crippen molar-refractivity contribution >= 4 is 5.69 Å². The van der Waals surface area contributed by atoms with Crippen LogP contribution in [0.2, 0.25) is 0 Å². The van der Waals surface area contributed by atoms with E-state index in [1.54, 1.807) is 6.92 Å². The Morgan fingerprint density at radius 3 is 2.39 bits per heavy atom. The molecule has 0 bridgehead atoms. The minimum absolute atomic E-state index is 0.116. The van der Waals surface area contributed by atoms with Crippen molar-refractivity contribution in [1.29, 1.82) is 0 Å². The molecule has 1 aromatic carbocycles. The lowest BCUT2D eigenvalue weighted by atomic mass is 10.1. The molecule has 1 aromatic rings. The van der Waals surface area contributed by atoms with E-state index in [9.17, 15) is 22.7 Å². The maximum absolute atomic E-state index is 13.1. The van der Waals surface area contributed by atoms with E-state index in [0.717, 1.165) is 17.0 Å². The van der Waals surface area contributed by atoms with Crippen LogP contribution < -0.4 is 4.90 Å².